The van der Waals surface area contributed by atoms with Crippen molar-refractivity contribution in [2.45, 2.75) is 25.1 Å². The number of hydrogen-bond donors (Lipinski definition) is 1. The molecule has 2 aromatic carbocycles. The van der Waals surface area contributed by atoms with Gasteiger partial charge in [-0.05, 0) is 42.8 Å². The van der Waals surface area contributed by atoms with Crippen molar-refractivity contribution in [2.24, 2.45) is 0 Å². The minimum Gasteiger partial charge on any atom is -0.497 e. The molecule has 0 saturated carbocycles. The molecule has 1 unspecified atom stereocenters. The van der Waals surface area contributed by atoms with Gasteiger partial charge in [0.25, 0.3) is 5.91 Å². The first-order chi connectivity index (χ1) is 15.3. The summed E-state index contributed by atoms with van der Waals surface area (Å²) in [5.74, 6) is 0.691. The maximum atomic E-state index is 13.0. The smallest absolute Gasteiger partial charge is 0.416 e. The Morgan fingerprint density at radius 1 is 1.06 bits per heavy atom. The number of methoxy groups -OCH3 is 1. The van der Waals surface area contributed by atoms with E-state index in [0.717, 1.165) is 38.5 Å². The molecule has 2 fully saturated rings. The second-order valence-corrected chi connectivity index (χ2v) is 8.52. The number of piperazine rings is 1. The Morgan fingerprint density at radius 3 is 2.53 bits per heavy atom. The number of anilines is 1. The molecule has 1 atom stereocenters. The number of benzene rings is 2. The van der Waals surface area contributed by atoms with Crippen molar-refractivity contribution in [1.82, 2.24) is 4.90 Å². The number of amides is 1. The molecule has 5 nitrogen and oxygen atoms in total. The van der Waals surface area contributed by atoms with E-state index in [0.29, 0.717) is 42.7 Å². The summed E-state index contributed by atoms with van der Waals surface area (Å²) in [6.45, 7) is 4.56. The van der Waals surface area contributed by atoms with Crippen LogP contribution in [0, 0.1) is 0 Å². The Kier molecular flexibility index (Phi) is 6.60. The van der Waals surface area contributed by atoms with Crippen LogP contribution in [0.5, 0.6) is 5.75 Å². The second kappa shape index (κ2) is 9.40. The zero-order valence-corrected chi connectivity index (χ0v) is 18.2. The van der Waals surface area contributed by atoms with E-state index in [1.807, 2.05) is 28.0 Å². The highest BCUT2D eigenvalue weighted by molar-refractivity contribution is 5.94. The van der Waals surface area contributed by atoms with Gasteiger partial charge in [-0.1, -0.05) is 12.1 Å². The van der Waals surface area contributed by atoms with Gasteiger partial charge in [0.2, 0.25) is 0 Å². The number of likely N-dealkylation sites (tertiary alicyclic amines) is 1. The molecule has 2 saturated heterocycles. The number of halogens is 3. The summed E-state index contributed by atoms with van der Waals surface area (Å²) in [5, 5.41) is 0. The molecule has 2 aliphatic heterocycles. The maximum absolute atomic E-state index is 13.0. The molecule has 4 rings (SSSR count). The Labute approximate surface area is 186 Å². The van der Waals surface area contributed by atoms with Crippen molar-refractivity contribution in [2.75, 3.05) is 51.3 Å². The molecule has 32 heavy (non-hydrogen) atoms. The fourth-order valence-corrected chi connectivity index (χ4v) is 4.77. The molecule has 8 heteroatoms. The number of piperidine rings is 1. The molecule has 0 spiro atoms. The largest absolute Gasteiger partial charge is 0.497 e. The summed E-state index contributed by atoms with van der Waals surface area (Å²) in [7, 11) is 1.59. The highest BCUT2D eigenvalue weighted by Gasteiger charge is 2.34. The highest BCUT2D eigenvalue weighted by Crippen LogP contribution is 2.31. The third-order valence-electron chi connectivity index (χ3n) is 6.55. The summed E-state index contributed by atoms with van der Waals surface area (Å²) >= 11 is 0. The predicted molar refractivity (Wildman–Crippen MR) is 116 cm³/mol. The Bertz CT molecular complexity index is 942. The minimum absolute atomic E-state index is 0.0237. The summed E-state index contributed by atoms with van der Waals surface area (Å²) in [6, 6.07) is 13.1. The van der Waals surface area contributed by atoms with Gasteiger partial charge in [0.1, 0.15) is 11.8 Å². The van der Waals surface area contributed by atoms with E-state index >= 15 is 0 Å². The quantitative estimate of drug-likeness (QED) is 0.782. The number of carbonyl (C=O) groups excluding carboxylic acids is 1. The summed E-state index contributed by atoms with van der Waals surface area (Å²) in [5.41, 5.74) is 0.649. The van der Waals surface area contributed by atoms with Crippen LogP contribution in [0.2, 0.25) is 0 Å². The minimum atomic E-state index is -4.33. The molecule has 2 aliphatic rings. The van der Waals surface area contributed by atoms with Gasteiger partial charge in [-0.25, -0.2) is 0 Å². The van der Waals surface area contributed by atoms with Crippen LogP contribution in [0.1, 0.15) is 28.8 Å². The van der Waals surface area contributed by atoms with Crippen LogP contribution in [0.25, 0.3) is 0 Å². The van der Waals surface area contributed by atoms with Gasteiger partial charge in [-0.15, -0.1) is 0 Å². The molecule has 0 aromatic heterocycles. The zero-order chi connectivity index (χ0) is 22.7. The lowest BCUT2D eigenvalue weighted by Gasteiger charge is -2.41. The predicted octanol–water partition coefficient (Wildman–Crippen LogP) is 2.72. The molecule has 0 bridgehead atoms. The highest BCUT2D eigenvalue weighted by atomic mass is 19.4. The lowest BCUT2D eigenvalue weighted by molar-refractivity contribution is -0.926. The molecular formula is C24H29F3N3O2+. The number of nitrogens with zero attached hydrogens (tertiary/aromatic N) is 2. The number of ether oxygens (including phenoxy) is 1. The summed E-state index contributed by atoms with van der Waals surface area (Å²) < 4.78 is 44.4. The molecule has 1 N–H and O–H groups in total. The van der Waals surface area contributed by atoms with Crippen molar-refractivity contribution in [3.63, 3.8) is 0 Å². The third-order valence-corrected chi connectivity index (χ3v) is 6.55. The molecule has 1 amide bonds. The first kappa shape index (κ1) is 22.5. The standard InChI is InChI=1S/C24H28F3N3O2/c1-32-22-9-2-5-18(15-22)23(31)30-10-4-8-21(17-30)29-13-11-28(12-14-29)20-7-3-6-19(16-20)24(25,26)27/h2-3,5-7,9,15-16,21H,4,8,10-14,17H2,1H3/p+1. The van der Waals surface area contributed by atoms with Crippen LogP contribution >= 0.6 is 0 Å². The number of alkyl halides is 3. The second-order valence-electron chi connectivity index (χ2n) is 8.52. The van der Waals surface area contributed by atoms with Crippen LogP contribution in [0.4, 0.5) is 18.9 Å². The van der Waals surface area contributed by atoms with Crippen molar-refractivity contribution in [3.05, 3.63) is 59.7 Å². The van der Waals surface area contributed by atoms with Gasteiger partial charge >= 0.3 is 6.18 Å². The number of nitrogens with one attached hydrogen (secondary N) is 1. The van der Waals surface area contributed by atoms with Gasteiger partial charge in [-0.3, -0.25) is 4.79 Å². The number of hydrogen-bond acceptors (Lipinski definition) is 3. The normalized spacial score (nSPS) is 20.3. The Morgan fingerprint density at radius 2 is 1.81 bits per heavy atom. The molecule has 0 aliphatic carbocycles. The SMILES string of the molecule is COc1cccc(C(=O)N2CCCC([NH+]3CCN(c4cccc(C(F)(F)F)c4)CC3)C2)c1. The average Bonchev–Trinajstić information content (AvgIpc) is 2.83. The van der Waals surface area contributed by atoms with Crippen LogP contribution in [-0.4, -0.2) is 63.2 Å². The summed E-state index contributed by atoms with van der Waals surface area (Å²) in [4.78, 5) is 18.4. The van der Waals surface area contributed by atoms with E-state index in [1.54, 1.807) is 19.2 Å². The fourth-order valence-electron chi connectivity index (χ4n) is 4.77. The molecular weight excluding hydrogens is 419 g/mol. The van der Waals surface area contributed by atoms with Crippen LogP contribution < -0.4 is 14.5 Å². The van der Waals surface area contributed by atoms with E-state index in [4.69, 9.17) is 4.74 Å². The van der Waals surface area contributed by atoms with E-state index in [2.05, 4.69) is 0 Å². The van der Waals surface area contributed by atoms with Gasteiger partial charge in [-0.2, -0.15) is 13.2 Å². The van der Waals surface area contributed by atoms with Crippen LogP contribution in [0.3, 0.4) is 0 Å². The van der Waals surface area contributed by atoms with Gasteiger partial charge < -0.3 is 19.4 Å². The van der Waals surface area contributed by atoms with Gasteiger partial charge in [0.15, 0.2) is 0 Å². The van der Waals surface area contributed by atoms with E-state index in [1.165, 1.54) is 17.0 Å². The number of rotatable bonds is 4. The van der Waals surface area contributed by atoms with E-state index in [9.17, 15) is 18.0 Å². The summed E-state index contributed by atoms with van der Waals surface area (Å²) in [6.07, 6.45) is -2.31. The van der Waals surface area contributed by atoms with Crippen LogP contribution in [0.15, 0.2) is 48.5 Å². The first-order valence-electron chi connectivity index (χ1n) is 11.1. The van der Waals surface area contributed by atoms with Gasteiger partial charge in [0, 0.05) is 24.2 Å². The maximum Gasteiger partial charge on any atom is 0.416 e. The Balaban J connectivity index is 1.36. The van der Waals surface area contributed by atoms with E-state index < -0.39 is 11.7 Å². The zero-order valence-electron chi connectivity index (χ0n) is 18.2. The van der Waals surface area contributed by atoms with Crippen molar-refractivity contribution in [1.29, 1.82) is 0 Å². The molecule has 2 aromatic rings. The monoisotopic (exact) mass is 448 g/mol. The number of quaternary nitrogens is 1. The lowest BCUT2D eigenvalue weighted by Crippen LogP contribution is -3.19. The van der Waals surface area contributed by atoms with Crippen LogP contribution in [-0.2, 0) is 6.18 Å². The molecule has 2 heterocycles. The lowest BCUT2D eigenvalue weighted by atomic mass is 10.0. The van der Waals surface area contributed by atoms with Crippen molar-refractivity contribution < 1.29 is 27.6 Å². The van der Waals surface area contributed by atoms with E-state index in [-0.39, 0.29) is 5.91 Å². The fraction of sp³-hybridized carbons (Fsp3) is 0.458. The van der Waals surface area contributed by atoms with Gasteiger partial charge in [0.05, 0.1) is 45.4 Å². The molecule has 0 radical (unpaired) electrons. The number of carbonyl (C=O) groups is 1. The van der Waals surface area contributed by atoms with Crippen molar-refractivity contribution in [3.8, 4) is 5.75 Å². The first-order valence-corrected chi connectivity index (χ1v) is 11.1. The third kappa shape index (κ3) is 5.01. The Hall–Kier alpha value is -2.74. The topological polar surface area (TPSA) is 37.2 Å². The van der Waals surface area contributed by atoms with Crippen molar-refractivity contribution >= 4 is 11.6 Å². The molecule has 172 valence electrons. The average molecular weight is 449 g/mol.